The molecule has 0 saturated carbocycles. The summed E-state index contributed by atoms with van der Waals surface area (Å²) in [5, 5.41) is 21.3. The van der Waals surface area contributed by atoms with Crippen LogP contribution in [0.4, 0.5) is 0 Å². The molecule has 7 heteroatoms. The largest absolute Gasteiger partial charge is 0.493 e. The van der Waals surface area contributed by atoms with Gasteiger partial charge in [-0.05, 0) is 35.4 Å². The lowest BCUT2D eigenvalue weighted by molar-refractivity contribution is 0.0169. The highest BCUT2D eigenvalue weighted by atomic mass is 16.6. The molecule has 4 bridgehead atoms. The van der Waals surface area contributed by atoms with Gasteiger partial charge in [0.25, 0.3) is 0 Å². The fraction of sp³-hybridized carbons (Fsp3) is 0.400. The predicted molar refractivity (Wildman–Crippen MR) is 97.7 cm³/mol. The maximum absolute atomic E-state index is 10.7. The normalized spacial score (nSPS) is 20.4. The number of benzene rings is 2. The molecule has 0 unspecified atom stereocenters. The minimum Gasteiger partial charge on any atom is -0.493 e. The molecule has 4 aliphatic rings. The number of hydrogen-bond acceptors (Lipinski definition) is 7. The van der Waals surface area contributed by atoms with Crippen molar-refractivity contribution in [1.82, 2.24) is 0 Å². The van der Waals surface area contributed by atoms with E-state index in [0.717, 1.165) is 0 Å². The summed E-state index contributed by atoms with van der Waals surface area (Å²) in [5.74, 6) is 1.88. The Hall–Kier alpha value is -2.48. The number of aliphatic hydroxyl groups excluding tert-OH is 2. The van der Waals surface area contributed by atoms with Crippen molar-refractivity contribution >= 4 is 0 Å². The lowest BCUT2D eigenvalue weighted by Crippen LogP contribution is -2.13. The Morgan fingerprint density at radius 3 is 1.93 bits per heavy atom. The third kappa shape index (κ3) is 4.44. The summed E-state index contributed by atoms with van der Waals surface area (Å²) in [6.07, 6.45) is -2.30. The Bertz CT molecular complexity index is 719. The van der Waals surface area contributed by atoms with Crippen molar-refractivity contribution in [3.63, 3.8) is 0 Å². The number of methoxy groups -OCH3 is 2. The first kappa shape index (κ1) is 19.3. The minimum atomic E-state index is -1.17. The van der Waals surface area contributed by atoms with E-state index in [1.807, 2.05) is 0 Å². The highest BCUT2D eigenvalue weighted by Gasteiger charge is 2.24. The van der Waals surface area contributed by atoms with Gasteiger partial charge in [-0.3, -0.25) is 0 Å². The van der Waals surface area contributed by atoms with Crippen molar-refractivity contribution in [2.75, 3.05) is 40.6 Å². The number of rotatable bonds is 2. The number of ether oxygens (including phenoxy) is 5. The van der Waals surface area contributed by atoms with E-state index < -0.39 is 12.2 Å². The van der Waals surface area contributed by atoms with Crippen molar-refractivity contribution in [2.45, 2.75) is 12.2 Å². The minimum absolute atomic E-state index is 0.297. The fourth-order valence-corrected chi connectivity index (χ4v) is 2.86. The summed E-state index contributed by atoms with van der Waals surface area (Å²) in [6, 6.07) is 10.2. The SMILES string of the molecule is COc1cc2cc(OC)c1OCCOCCOc1ccc(cc1)[C@@H](O)[C@H]2O. The van der Waals surface area contributed by atoms with E-state index in [9.17, 15) is 10.2 Å². The molecule has 0 fully saturated rings. The van der Waals surface area contributed by atoms with Crippen LogP contribution < -0.4 is 18.9 Å². The van der Waals surface area contributed by atoms with E-state index in [1.54, 1.807) is 36.4 Å². The Morgan fingerprint density at radius 1 is 0.778 bits per heavy atom. The molecule has 7 nitrogen and oxygen atoms in total. The maximum Gasteiger partial charge on any atom is 0.203 e. The van der Waals surface area contributed by atoms with Crippen LogP contribution in [0.5, 0.6) is 23.0 Å². The van der Waals surface area contributed by atoms with E-state index in [0.29, 0.717) is 60.6 Å². The summed E-state index contributed by atoms with van der Waals surface area (Å²) in [7, 11) is 3.01. The van der Waals surface area contributed by atoms with E-state index in [1.165, 1.54) is 14.2 Å². The summed E-state index contributed by atoms with van der Waals surface area (Å²) in [6.45, 7) is 1.48. The average Bonchev–Trinajstić information content (AvgIpc) is 2.71. The summed E-state index contributed by atoms with van der Waals surface area (Å²) in [5.41, 5.74) is 1.01. The fourth-order valence-electron chi connectivity index (χ4n) is 2.86. The molecule has 2 aromatic carbocycles. The summed E-state index contributed by atoms with van der Waals surface area (Å²) >= 11 is 0. The second-order valence-electron chi connectivity index (χ2n) is 6.02. The summed E-state index contributed by atoms with van der Waals surface area (Å²) < 4.78 is 27.6. The van der Waals surface area contributed by atoms with Crippen LogP contribution in [0.2, 0.25) is 0 Å². The second kappa shape index (κ2) is 8.94. The zero-order valence-electron chi connectivity index (χ0n) is 15.4. The molecule has 0 spiro atoms. The molecule has 0 amide bonds. The number of aliphatic hydroxyl groups is 2. The third-order valence-electron chi connectivity index (χ3n) is 4.32. The smallest absolute Gasteiger partial charge is 0.203 e. The predicted octanol–water partition coefficient (Wildman–Crippen LogP) is 2.26. The van der Waals surface area contributed by atoms with Gasteiger partial charge in [0, 0.05) is 0 Å². The van der Waals surface area contributed by atoms with Gasteiger partial charge in [0.05, 0.1) is 27.4 Å². The quantitative estimate of drug-likeness (QED) is 0.831. The Morgan fingerprint density at radius 2 is 1.33 bits per heavy atom. The van der Waals surface area contributed by atoms with E-state index in [4.69, 9.17) is 23.7 Å². The molecule has 2 aromatic rings. The first-order valence-electron chi connectivity index (χ1n) is 8.69. The molecule has 4 heterocycles. The molecule has 6 rings (SSSR count). The topological polar surface area (TPSA) is 86.6 Å². The van der Waals surface area contributed by atoms with Gasteiger partial charge >= 0.3 is 0 Å². The first-order valence-corrected chi connectivity index (χ1v) is 8.69. The molecule has 27 heavy (non-hydrogen) atoms. The molecule has 0 saturated heterocycles. The van der Waals surface area contributed by atoms with Crippen LogP contribution in [0.15, 0.2) is 36.4 Å². The Kier molecular flexibility index (Phi) is 6.39. The zero-order valence-corrected chi connectivity index (χ0v) is 15.4. The van der Waals surface area contributed by atoms with Gasteiger partial charge in [-0.25, -0.2) is 0 Å². The molecule has 4 aliphatic heterocycles. The van der Waals surface area contributed by atoms with Crippen LogP contribution in [0.25, 0.3) is 0 Å². The molecule has 0 aliphatic carbocycles. The molecule has 0 aromatic heterocycles. The van der Waals surface area contributed by atoms with Crippen molar-refractivity contribution in [3.8, 4) is 23.0 Å². The Labute approximate surface area is 158 Å². The van der Waals surface area contributed by atoms with Crippen LogP contribution in [0.1, 0.15) is 23.3 Å². The van der Waals surface area contributed by atoms with Gasteiger partial charge in [0.15, 0.2) is 11.5 Å². The van der Waals surface area contributed by atoms with Crippen molar-refractivity contribution < 1.29 is 33.9 Å². The van der Waals surface area contributed by atoms with Crippen molar-refractivity contribution in [3.05, 3.63) is 47.5 Å². The highest BCUT2D eigenvalue weighted by molar-refractivity contribution is 5.54. The maximum atomic E-state index is 10.7. The molecule has 2 atom stereocenters. The van der Waals surface area contributed by atoms with Gasteiger partial charge in [0.1, 0.15) is 31.2 Å². The first-order chi connectivity index (χ1) is 13.1. The van der Waals surface area contributed by atoms with Crippen molar-refractivity contribution in [2.24, 2.45) is 0 Å². The van der Waals surface area contributed by atoms with Gasteiger partial charge in [0.2, 0.25) is 5.75 Å². The van der Waals surface area contributed by atoms with Crippen LogP contribution in [-0.2, 0) is 4.74 Å². The van der Waals surface area contributed by atoms with E-state index in [-0.39, 0.29) is 0 Å². The Balaban J connectivity index is 1.99. The zero-order chi connectivity index (χ0) is 19.2. The van der Waals surface area contributed by atoms with Gasteiger partial charge in [-0.15, -0.1) is 0 Å². The van der Waals surface area contributed by atoms with Gasteiger partial charge in [-0.2, -0.15) is 0 Å². The van der Waals surface area contributed by atoms with Crippen LogP contribution in [-0.4, -0.2) is 50.9 Å². The van der Waals surface area contributed by atoms with Crippen molar-refractivity contribution in [1.29, 1.82) is 0 Å². The molecule has 146 valence electrons. The van der Waals surface area contributed by atoms with E-state index >= 15 is 0 Å². The molecule has 2 N–H and O–H groups in total. The van der Waals surface area contributed by atoms with Gasteiger partial charge in [-0.1, -0.05) is 12.1 Å². The number of hydrogen-bond donors (Lipinski definition) is 2. The molecular weight excluding hydrogens is 352 g/mol. The van der Waals surface area contributed by atoms with Crippen LogP contribution in [0, 0.1) is 0 Å². The van der Waals surface area contributed by atoms with Crippen LogP contribution in [0.3, 0.4) is 0 Å². The standard InChI is InChI=1S/C20H24O7/c1-23-16-11-14-12-17(24-2)20(16)27-10-8-25-7-9-26-15-5-3-13(4-6-15)18(21)19(14)22/h3-6,11-12,18-19,21-22H,7-10H2,1-2H3/t18-,19+/m1/s1. The van der Waals surface area contributed by atoms with E-state index in [2.05, 4.69) is 0 Å². The monoisotopic (exact) mass is 376 g/mol. The highest BCUT2D eigenvalue weighted by Crippen LogP contribution is 2.42. The summed E-state index contributed by atoms with van der Waals surface area (Å²) in [4.78, 5) is 0. The van der Waals surface area contributed by atoms with Gasteiger partial charge < -0.3 is 33.9 Å². The third-order valence-corrected chi connectivity index (χ3v) is 4.32. The lowest BCUT2D eigenvalue weighted by atomic mass is 9.97. The second-order valence-corrected chi connectivity index (χ2v) is 6.02. The average molecular weight is 376 g/mol. The lowest BCUT2D eigenvalue weighted by Gasteiger charge is -2.21. The molecular formula is C20H24O7. The molecule has 0 radical (unpaired) electrons. The van der Waals surface area contributed by atoms with Crippen LogP contribution >= 0.6 is 0 Å².